The van der Waals surface area contributed by atoms with Crippen molar-refractivity contribution in [3.8, 4) is 0 Å². The molecule has 0 aromatic heterocycles. The van der Waals surface area contributed by atoms with E-state index in [0.29, 0.717) is 0 Å². The number of nitrogens with two attached hydrogens (primary N) is 1. The van der Waals surface area contributed by atoms with Gasteiger partial charge in [-0.25, -0.2) is 8.78 Å². The first-order valence-corrected chi connectivity index (χ1v) is 6.27. The zero-order valence-corrected chi connectivity index (χ0v) is 11.5. The van der Waals surface area contributed by atoms with Gasteiger partial charge in [-0.05, 0) is 33.0 Å². The number of hydrogen-bond donors (Lipinski definition) is 1. The van der Waals surface area contributed by atoms with Crippen LogP contribution < -0.4 is 5.73 Å². The minimum absolute atomic E-state index is 0.243. The molecule has 102 valence electrons. The summed E-state index contributed by atoms with van der Waals surface area (Å²) in [6.45, 7) is 4.03. The Labute approximate surface area is 108 Å². The minimum Gasteiger partial charge on any atom is -0.322 e. The molecular formula is C14H22F2N2. The van der Waals surface area contributed by atoms with Gasteiger partial charge >= 0.3 is 0 Å². The van der Waals surface area contributed by atoms with Gasteiger partial charge in [0.15, 0.2) is 11.6 Å². The van der Waals surface area contributed by atoms with Gasteiger partial charge in [-0.3, -0.25) is 0 Å². The average molecular weight is 256 g/mol. The highest BCUT2D eigenvalue weighted by atomic mass is 19.2. The van der Waals surface area contributed by atoms with Crippen molar-refractivity contribution in [2.24, 2.45) is 5.73 Å². The van der Waals surface area contributed by atoms with Crippen molar-refractivity contribution >= 4 is 0 Å². The van der Waals surface area contributed by atoms with E-state index >= 15 is 0 Å². The molecule has 1 atom stereocenters. The zero-order valence-electron chi connectivity index (χ0n) is 11.5. The van der Waals surface area contributed by atoms with Gasteiger partial charge in [-0.1, -0.05) is 26.0 Å². The summed E-state index contributed by atoms with van der Waals surface area (Å²) in [5, 5.41) is 0. The number of nitrogens with zero attached hydrogens (tertiary/aromatic N) is 1. The van der Waals surface area contributed by atoms with Crippen LogP contribution in [0, 0.1) is 11.6 Å². The lowest BCUT2D eigenvalue weighted by atomic mass is 9.80. The van der Waals surface area contributed by atoms with Crippen molar-refractivity contribution in [2.45, 2.75) is 38.3 Å². The van der Waals surface area contributed by atoms with E-state index in [2.05, 4.69) is 0 Å². The zero-order chi connectivity index (χ0) is 13.9. The second-order valence-electron chi connectivity index (χ2n) is 4.83. The Morgan fingerprint density at radius 1 is 1.22 bits per heavy atom. The van der Waals surface area contributed by atoms with Crippen molar-refractivity contribution < 1.29 is 8.78 Å². The first-order chi connectivity index (χ1) is 8.40. The van der Waals surface area contributed by atoms with Crippen LogP contribution in [-0.4, -0.2) is 24.5 Å². The fraction of sp³-hybridized carbons (Fsp3) is 0.571. The van der Waals surface area contributed by atoms with Gasteiger partial charge in [-0.15, -0.1) is 0 Å². The van der Waals surface area contributed by atoms with Crippen LogP contribution in [0.15, 0.2) is 18.2 Å². The third-order valence-electron chi connectivity index (χ3n) is 4.01. The summed E-state index contributed by atoms with van der Waals surface area (Å²) < 4.78 is 27.1. The molecule has 0 fully saturated rings. The normalized spacial score (nSPS) is 14.0. The summed E-state index contributed by atoms with van der Waals surface area (Å²) in [5.74, 6) is -1.68. The van der Waals surface area contributed by atoms with Crippen LogP contribution in [-0.2, 0) is 0 Å². The molecule has 0 saturated carbocycles. The van der Waals surface area contributed by atoms with E-state index in [-0.39, 0.29) is 11.1 Å². The topological polar surface area (TPSA) is 29.3 Å². The molecule has 1 aromatic carbocycles. The van der Waals surface area contributed by atoms with Crippen LogP contribution in [0.5, 0.6) is 0 Å². The lowest BCUT2D eigenvalue weighted by Crippen LogP contribution is -2.51. The Balaban J connectivity index is 3.26. The highest BCUT2D eigenvalue weighted by Gasteiger charge is 2.38. The summed E-state index contributed by atoms with van der Waals surface area (Å²) in [6, 6.07) is 3.62. The molecule has 1 unspecified atom stereocenters. The van der Waals surface area contributed by atoms with Gasteiger partial charge in [0.05, 0.1) is 6.04 Å². The molecule has 18 heavy (non-hydrogen) atoms. The van der Waals surface area contributed by atoms with Crippen molar-refractivity contribution in [3.05, 3.63) is 35.4 Å². The largest absolute Gasteiger partial charge is 0.322 e. The Kier molecular flexibility index (Phi) is 4.82. The fourth-order valence-corrected chi connectivity index (χ4v) is 2.65. The monoisotopic (exact) mass is 256 g/mol. The number of benzene rings is 1. The number of halogens is 2. The second-order valence-corrected chi connectivity index (χ2v) is 4.83. The van der Waals surface area contributed by atoms with Crippen molar-refractivity contribution in [1.29, 1.82) is 0 Å². The van der Waals surface area contributed by atoms with Gasteiger partial charge in [-0.2, -0.15) is 0 Å². The molecule has 0 aliphatic rings. The third-order valence-corrected chi connectivity index (χ3v) is 4.01. The second kappa shape index (κ2) is 5.76. The summed E-state index contributed by atoms with van der Waals surface area (Å²) in [5.41, 5.74) is 6.09. The van der Waals surface area contributed by atoms with E-state index in [9.17, 15) is 8.78 Å². The smallest absolute Gasteiger partial charge is 0.163 e. The SMILES string of the molecule is CCC(CC)(C(N)c1cccc(F)c1F)N(C)C. The Hall–Kier alpha value is -1.00. The van der Waals surface area contributed by atoms with Crippen LogP contribution in [0.2, 0.25) is 0 Å². The summed E-state index contributed by atoms with van der Waals surface area (Å²) in [4.78, 5) is 2.00. The quantitative estimate of drug-likeness (QED) is 0.877. The molecule has 4 heteroatoms. The predicted octanol–water partition coefficient (Wildman–Crippen LogP) is 3.09. The van der Waals surface area contributed by atoms with Crippen LogP contribution in [0.25, 0.3) is 0 Å². The maximum absolute atomic E-state index is 13.8. The number of likely N-dealkylation sites (N-methyl/N-ethyl adjacent to an activating group) is 1. The summed E-state index contributed by atoms with van der Waals surface area (Å²) >= 11 is 0. The van der Waals surface area contributed by atoms with Gasteiger partial charge in [0.1, 0.15) is 0 Å². The van der Waals surface area contributed by atoms with Crippen LogP contribution in [0.4, 0.5) is 8.78 Å². The molecule has 0 bridgehead atoms. The molecule has 2 N–H and O–H groups in total. The van der Waals surface area contributed by atoms with Gasteiger partial charge < -0.3 is 10.6 Å². The summed E-state index contributed by atoms with van der Waals surface area (Å²) in [7, 11) is 3.84. The van der Waals surface area contributed by atoms with E-state index in [0.717, 1.165) is 18.9 Å². The van der Waals surface area contributed by atoms with E-state index in [1.807, 2.05) is 32.8 Å². The first kappa shape index (κ1) is 15.1. The van der Waals surface area contributed by atoms with Gasteiger partial charge in [0.25, 0.3) is 0 Å². The molecule has 1 aromatic rings. The fourth-order valence-electron chi connectivity index (χ4n) is 2.65. The van der Waals surface area contributed by atoms with Crippen LogP contribution in [0.1, 0.15) is 38.3 Å². The average Bonchev–Trinajstić information content (AvgIpc) is 2.34. The van der Waals surface area contributed by atoms with E-state index in [1.54, 1.807) is 6.07 Å². The first-order valence-electron chi connectivity index (χ1n) is 6.27. The Morgan fingerprint density at radius 3 is 2.22 bits per heavy atom. The molecule has 0 saturated heterocycles. The molecular weight excluding hydrogens is 234 g/mol. The van der Waals surface area contributed by atoms with Crippen LogP contribution in [0.3, 0.4) is 0 Å². The van der Waals surface area contributed by atoms with Crippen molar-refractivity contribution in [3.63, 3.8) is 0 Å². The third kappa shape index (κ3) is 2.40. The molecule has 2 nitrogen and oxygen atoms in total. The molecule has 1 rings (SSSR count). The highest BCUT2D eigenvalue weighted by Crippen LogP contribution is 2.35. The minimum atomic E-state index is -0.845. The van der Waals surface area contributed by atoms with Crippen LogP contribution >= 0.6 is 0 Å². The lowest BCUT2D eigenvalue weighted by molar-refractivity contribution is 0.104. The van der Waals surface area contributed by atoms with Gasteiger partial charge in [0.2, 0.25) is 0 Å². The lowest BCUT2D eigenvalue weighted by Gasteiger charge is -2.43. The molecule has 0 spiro atoms. The molecule has 0 aliphatic heterocycles. The van der Waals surface area contributed by atoms with Gasteiger partial charge in [0, 0.05) is 11.1 Å². The molecule has 0 radical (unpaired) electrons. The molecule has 0 amide bonds. The molecule has 0 heterocycles. The number of hydrogen-bond acceptors (Lipinski definition) is 2. The Bertz CT molecular complexity index is 401. The molecule has 0 aliphatic carbocycles. The van der Waals surface area contributed by atoms with E-state index < -0.39 is 17.7 Å². The standard InChI is InChI=1S/C14H22F2N2/c1-5-14(6-2,18(3)4)13(17)10-8-7-9-11(15)12(10)16/h7-9,13H,5-6,17H2,1-4H3. The Morgan fingerprint density at radius 2 is 1.78 bits per heavy atom. The van der Waals surface area contributed by atoms with Crippen molar-refractivity contribution in [1.82, 2.24) is 4.90 Å². The maximum Gasteiger partial charge on any atom is 0.163 e. The summed E-state index contributed by atoms with van der Waals surface area (Å²) in [6.07, 6.45) is 1.54. The van der Waals surface area contributed by atoms with Crippen molar-refractivity contribution in [2.75, 3.05) is 14.1 Å². The highest BCUT2D eigenvalue weighted by molar-refractivity contribution is 5.25. The maximum atomic E-state index is 13.8. The predicted molar refractivity (Wildman–Crippen MR) is 70.3 cm³/mol. The van der Waals surface area contributed by atoms with E-state index in [4.69, 9.17) is 5.73 Å². The number of rotatable bonds is 5. The van der Waals surface area contributed by atoms with E-state index in [1.165, 1.54) is 6.07 Å².